The van der Waals surface area contributed by atoms with Crippen LogP contribution in [0.25, 0.3) is 22.6 Å². The summed E-state index contributed by atoms with van der Waals surface area (Å²) in [6.07, 6.45) is 11.7. The number of aromatic nitrogens is 4. The molecule has 1 saturated heterocycles. The van der Waals surface area contributed by atoms with E-state index in [2.05, 4.69) is 16.4 Å². The third-order valence-corrected chi connectivity index (χ3v) is 8.34. The molecular formula is C31H41N7O3+2. The van der Waals surface area contributed by atoms with Crippen LogP contribution in [0.5, 0.6) is 5.75 Å². The maximum Gasteiger partial charge on any atom is 0.306 e. The van der Waals surface area contributed by atoms with Crippen molar-refractivity contribution >= 4 is 23.0 Å². The van der Waals surface area contributed by atoms with E-state index in [1.165, 1.54) is 12.8 Å². The lowest BCUT2D eigenvalue weighted by molar-refractivity contribution is -0.663. The third-order valence-electron chi connectivity index (χ3n) is 8.34. The fourth-order valence-corrected chi connectivity index (χ4v) is 5.83. The van der Waals surface area contributed by atoms with Gasteiger partial charge in [-0.3, -0.25) is 9.59 Å². The van der Waals surface area contributed by atoms with Gasteiger partial charge in [0.2, 0.25) is 11.6 Å². The number of aromatic amines is 1. The first-order chi connectivity index (χ1) is 19.5. The van der Waals surface area contributed by atoms with Crippen LogP contribution in [0.3, 0.4) is 0 Å². The van der Waals surface area contributed by atoms with Crippen LogP contribution in [0.2, 0.25) is 0 Å². The number of nitrogens with one attached hydrogen (secondary N) is 2. The van der Waals surface area contributed by atoms with Gasteiger partial charge in [-0.2, -0.15) is 9.83 Å². The number of ether oxygens (including phenoxy) is 1. The molecule has 216 valence electrons. The van der Waals surface area contributed by atoms with Crippen molar-refractivity contribution in [3.63, 3.8) is 0 Å². The standard InChI is InChI=1S/C31H39N7O3/c1-31(2,3)27(30(40)38-14-10-20(17-32)11-15-38)35-29(39)23-18-33-28-26(23)34-24(19-37(28)5)25-16-22(12-13-36(25)4)41-21-8-6-7-9-21/h12-13,16,18-21,27H,6-11,14-15H2,1-5H3/p+2. The molecule has 1 aliphatic heterocycles. The van der Waals surface area contributed by atoms with Crippen molar-refractivity contribution < 1.29 is 23.5 Å². The summed E-state index contributed by atoms with van der Waals surface area (Å²) in [5, 5.41) is 12.3. The molecule has 2 amide bonds. The van der Waals surface area contributed by atoms with Gasteiger partial charge in [0.05, 0.1) is 25.3 Å². The van der Waals surface area contributed by atoms with Gasteiger partial charge in [-0.25, -0.2) is 14.5 Å². The van der Waals surface area contributed by atoms with Crippen molar-refractivity contribution in [3.05, 3.63) is 36.3 Å². The predicted octanol–water partition coefficient (Wildman–Crippen LogP) is 3.11. The molecule has 0 radical (unpaired) electrons. The summed E-state index contributed by atoms with van der Waals surface area (Å²) in [6.45, 7) is 6.89. The Morgan fingerprint density at radius 3 is 2.54 bits per heavy atom. The van der Waals surface area contributed by atoms with Gasteiger partial charge in [-0.1, -0.05) is 20.8 Å². The molecule has 10 nitrogen and oxygen atoms in total. The summed E-state index contributed by atoms with van der Waals surface area (Å²) in [7, 11) is 3.88. The van der Waals surface area contributed by atoms with Gasteiger partial charge in [-0.15, -0.1) is 0 Å². The average Bonchev–Trinajstić information content (AvgIpc) is 3.62. The molecule has 0 aromatic carbocycles. The Hall–Kier alpha value is -4.00. The van der Waals surface area contributed by atoms with E-state index in [1.807, 2.05) is 68.5 Å². The fraction of sp³-hybridized carbons (Fsp3) is 0.548. The van der Waals surface area contributed by atoms with E-state index in [0.717, 1.165) is 24.3 Å². The smallest absolute Gasteiger partial charge is 0.306 e. The van der Waals surface area contributed by atoms with Crippen molar-refractivity contribution in [1.29, 1.82) is 5.26 Å². The van der Waals surface area contributed by atoms with Crippen molar-refractivity contribution in [2.45, 2.75) is 71.4 Å². The highest BCUT2D eigenvalue weighted by atomic mass is 16.5. The number of hydrogen-bond acceptors (Lipinski definition) is 5. The van der Waals surface area contributed by atoms with E-state index in [4.69, 9.17) is 9.72 Å². The first-order valence-corrected chi connectivity index (χ1v) is 14.6. The number of hydrogen-bond donors (Lipinski definition) is 2. The maximum absolute atomic E-state index is 13.7. The molecule has 41 heavy (non-hydrogen) atoms. The monoisotopic (exact) mass is 559 g/mol. The van der Waals surface area contributed by atoms with Crippen LogP contribution in [0.4, 0.5) is 0 Å². The number of amides is 2. The number of fused-ring (bicyclic) bond motifs is 1. The first kappa shape index (κ1) is 28.5. The Kier molecular flexibility index (Phi) is 7.98. The molecule has 4 heterocycles. The lowest BCUT2D eigenvalue weighted by atomic mass is 9.85. The van der Waals surface area contributed by atoms with Gasteiger partial charge in [-0.05, 0) is 43.9 Å². The van der Waals surface area contributed by atoms with E-state index in [9.17, 15) is 14.9 Å². The summed E-state index contributed by atoms with van der Waals surface area (Å²) in [5.74, 6) is 0.314. The van der Waals surface area contributed by atoms with Crippen molar-refractivity contribution in [1.82, 2.24) is 20.2 Å². The highest BCUT2D eigenvalue weighted by Gasteiger charge is 2.38. The Morgan fingerprint density at radius 1 is 1.17 bits per heavy atom. The van der Waals surface area contributed by atoms with Crippen LogP contribution in [0.15, 0.2) is 30.7 Å². The van der Waals surface area contributed by atoms with E-state index in [0.29, 0.717) is 48.4 Å². The van der Waals surface area contributed by atoms with Gasteiger partial charge in [0.15, 0.2) is 17.4 Å². The number of likely N-dealkylation sites (tertiary alicyclic amines) is 1. The van der Waals surface area contributed by atoms with Crippen molar-refractivity contribution in [3.8, 4) is 23.2 Å². The van der Waals surface area contributed by atoms with E-state index < -0.39 is 11.5 Å². The molecule has 1 saturated carbocycles. The Labute approximate surface area is 241 Å². The maximum atomic E-state index is 13.7. The first-order valence-electron chi connectivity index (χ1n) is 14.6. The summed E-state index contributed by atoms with van der Waals surface area (Å²) in [5.41, 5.74) is 2.67. The highest BCUT2D eigenvalue weighted by Crippen LogP contribution is 2.28. The van der Waals surface area contributed by atoms with Gasteiger partial charge in [0.25, 0.3) is 5.91 Å². The molecule has 5 rings (SSSR count). The van der Waals surface area contributed by atoms with E-state index in [-0.39, 0.29) is 23.8 Å². The molecule has 3 aromatic rings. The molecule has 2 fully saturated rings. The molecule has 1 atom stereocenters. The van der Waals surface area contributed by atoms with Crippen LogP contribution in [-0.2, 0) is 18.9 Å². The van der Waals surface area contributed by atoms with Crippen molar-refractivity contribution in [2.24, 2.45) is 25.4 Å². The number of pyridine rings is 1. The minimum Gasteiger partial charge on any atom is -0.490 e. The van der Waals surface area contributed by atoms with Crippen LogP contribution in [0.1, 0.15) is 69.7 Å². The summed E-state index contributed by atoms with van der Waals surface area (Å²) < 4.78 is 10.2. The molecule has 1 aliphatic carbocycles. The SMILES string of the molecule is C[n+]1ccc(OC2CCCC2)cc1-c1c[n+](C)c2[nH]cc(C(=O)NC(C(=O)N3CCC(C#N)CC3)C(C)(C)C)c2n1. The lowest BCUT2D eigenvalue weighted by Crippen LogP contribution is -2.56. The van der Waals surface area contributed by atoms with Gasteiger partial charge < -0.3 is 15.0 Å². The van der Waals surface area contributed by atoms with Crippen LogP contribution >= 0.6 is 0 Å². The van der Waals surface area contributed by atoms with Crippen molar-refractivity contribution in [2.75, 3.05) is 13.1 Å². The number of carbonyl (C=O) groups is 2. The summed E-state index contributed by atoms with van der Waals surface area (Å²) in [6, 6.07) is 5.56. The van der Waals surface area contributed by atoms with Gasteiger partial charge in [0, 0.05) is 25.1 Å². The molecule has 3 aromatic heterocycles. The van der Waals surface area contributed by atoms with Crippen LogP contribution in [0, 0.1) is 22.7 Å². The number of aryl methyl sites for hydroxylation is 2. The molecular weight excluding hydrogens is 518 g/mol. The van der Waals surface area contributed by atoms with Gasteiger partial charge in [0.1, 0.15) is 36.8 Å². The predicted molar refractivity (Wildman–Crippen MR) is 152 cm³/mol. The number of piperidine rings is 1. The number of nitrogens with zero attached hydrogens (tertiary/aromatic N) is 5. The number of carbonyl (C=O) groups excluding carboxylic acids is 2. The van der Waals surface area contributed by atoms with E-state index in [1.54, 1.807) is 11.1 Å². The normalized spacial score (nSPS) is 17.4. The molecule has 2 aliphatic rings. The zero-order chi connectivity index (χ0) is 29.3. The van der Waals surface area contributed by atoms with Gasteiger partial charge >= 0.3 is 5.65 Å². The lowest BCUT2D eigenvalue weighted by Gasteiger charge is -2.37. The zero-order valence-electron chi connectivity index (χ0n) is 24.7. The summed E-state index contributed by atoms with van der Waals surface area (Å²) in [4.78, 5) is 37.2. The molecule has 1 unspecified atom stereocenters. The summed E-state index contributed by atoms with van der Waals surface area (Å²) >= 11 is 0. The second-order valence-electron chi connectivity index (χ2n) is 12.5. The topological polar surface area (TPSA) is 119 Å². The molecule has 10 heteroatoms. The Bertz CT molecular complexity index is 1490. The van der Waals surface area contributed by atoms with Crippen LogP contribution in [-0.4, -0.2) is 51.9 Å². The third kappa shape index (κ3) is 6.04. The molecule has 2 N–H and O–H groups in total. The Morgan fingerprint density at radius 2 is 1.88 bits per heavy atom. The number of H-pyrrole nitrogens is 1. The molecule has 0 bridgehead atoms. The number of rotatable bonds is 6. The minimum absolute atomic E-state index is 0.0225. The number of nitriles is 1. The largest absolute Gasteiger partial charge is 0.490 e. The molecule has 0 spiro atoms. The second-order valence-corrected chi connectivity index (χ2v) is 12.5. The average molecular weight is 560 g/mol. The van der Waals surface area contributed by atoms with E-state index >= 15 is 0 Å². The Balaban J connectivity index is 1.42. The zero-order valence-corrected chi connectivity index (χ0v) is 24.7. The second kappa shape index (κ2) is 11.5. The fourth-order valence-electron chi connectivity index (χ4n) is 5.83. The van der Waals surface area contributed by atoms with Crippen LogP contribution < -0.4 is 19.2 Å². The quantitative estimate of drug-likeness (QED) is 0.450. The highest BCUT2D eigenvalue weighted by molar-refractivity contribution is 6.05. The minimum atomic E-state index is -0.724.